The van der Waals surface area contributed by atoms with Gasteiger partial charge in [-0.05, 0) is 19.3 Å². The molecular weight excluding hydrogens is 188 g/mol. The van der Waals surface area contributed by atoms with Crippen molar-refractivity contribution in [2.45, 2.75) is 65.2 Å². The highest BCUT2D eigenvalue weighted by atomic mass is 16.4. The van der Waals surface area contributed by atoms with Crippen LogP contribution in [0.15, 0.2) is 11.6 Å². The summed E-state index contributed by atoms with van der Waals surface area (Å²) in [6, 6.07) is 0. The number of unbranched alkanes of at least 4 members (excludes halogenated alkanes) is 5. The SMILES string of the molecule is CCCCCCCC/C(=C/C(=O)O)CC. The largest absolute Gasteiger partial charge is 0.478 e. The Morgan fingerprint density at radius 3 is 2.20 bits per heavy atom. The molecule has 0 aromatic heterocycles. The van der Waals surface area contributed by atoms with Crippen LogP contribution < -0.4 is 0 Å². The normalized spacial score (nSPS) is 11.7. The third kappa shape index (κ3) is 9.51. The predicted octanol–water partition coefficient (Wildman–Crippen LogP) is 4.16. The minimum absolute atomic E-state index is 0.808. The molecule has 0 aromatic carbocycles. The number of rotatable bonds is 9. The Balaban J connectivity index is 3.51. The van der Waals surface area contributed by atoms with Gasteiger partial charge in [-0.2, -0.15) is 0 Å². The van der Waals surface area contributed by atoms with Gasteiger partial charge in [0, 0.05) is 6.08 Å². The Labute approximate surface area is 93.4 Å². The van der Waals surface area contributed by atoms with Gasteiger partial charge < -0.3 is 5.11 Å². The number of allylic oxidation sites excluding steroid dienone is 1. The first kappa shape index (κ1) is 14.2. The Morgan fingerprint density at radius 2 is 1.67 bits per heavy atom. The summed E-state index contributed by atoms with van der Waals surface area (Å²) in [6.07, 6.45) is 10.8. The summed E-state index contributed by atoms with van der Waals surface area (Å²) in [5.41, 5.74) is 1.07. The fraction of sp³-hybridized carbons (Fsp3) is 0.769. The average Bonchev–Trinajstić information content (AvgIpc) is 2.20. The molecule has 15 heavy (non-hydrogen) atoms. The van der Waals surface area contributed by atoms with E-state index < -0.39 is 5.97 Å². The zero-order valence-electron chi connectivity index (χ0n) is 10.1. The molecule has 0 fully saturated rings. The van der Waals surface area contributed by atoms with Crippen molar-refractivity contribution < 1.29 is 9.90 Å². The lowest BCUT2D eigenvalue weighted by Crippen LogP contribution is -1.92. The lowest BCUT2D eigenvalue weighted by molar-refractivity contribution is -0.131. The summed E-state index contributed by atoms with van der Waals surface area (Å²) in [5.74, 6) is -0.808. The van der Waals surface area contributed by atoms with Crippen LogP contribution in [0.5, 0.6) is 0 Å². The van der Waals surface area contributed by atoms with Gasteiger partial charge in [0.1, 0.15) is 0 Å². The van der Waals surface area contributed by atoms with Crippen molar-refractivity contribution in [2.75, 3.05) is 0 Å². The van der Waals surface area contributed by atoms with Crippen LogP contribution in [0.2, 0.25) is 0 Å². The lowest BCUT2D eigenvalue weighted by Gasteiger charge is -2.03. The van der Waals surface area contributed by atoms with E-state index in [0.29, 0.717) is 0 Å². The van der Waals surface area contributed by atoms with E-state index in [1.807, 2.05) is 6.92 Å². The molecule has 0 amide bonds. The quantitative estimate of drug-likeness (QED) is 0.460. The first-order valence-electron chi connectivity index (χ1n) is 6.13. The standard InChI is InChI=1S/C13H24O2/c1-3-5-6-7-8-9-10-12(4-2)11-13(14)15/h11H,3-10H2,1-2H3,(H,14,15)/b12-11+. The Morgan fingerprint density at radius 1 is 1.07 bits per heavy atom. The summed E-state index contributed by atoms with van der Waals surface area (Å²) in [7, 11) is 0. The third-order valence-corrected chi connectivity index (χ3v) is 2.63. The molecule has 0 heterocycles. The third-order valence-electron chi connectivity index (χ3n) is 2.63. The van der Waals surface area contributed by atoms with E-state index in [-0.39, 0.29) is 0 Å². The van der Waals surface area contributed by atoms with E-state index in [9.17, 15) is 4.79 Å². The van der Waals surface area contributed by atoms with Crippen LogP contribution in [0.3, 0.4) is 0 Å². The van der Waals surface area contributed by atoms with Gasteiger partial charge in [0.2, 0.25) is 0 Å². The van der Waals surface area contributed by atoms with Crippen LogP contribution in [-0.2, 0) is 4.79 Å². The number of carboxylic acid groups (broad SMARTS) is 1. The minimum Gasteiger partial charge on any atom is -0.478 e. The van der Waals surface area contributed by atoms with E-state index in [0.717, 1.165) is 24.8 Å². The van der Waals surface area contributed by atoms with Crippen molar-refractivity contribution in [3.63, 3.8) is 0 Å². The van der Waals surface area contributed by atoms with E-state index in [1.54, 1.807) is 0 Å². The molecule has 0 atom stereocenters. The van der Waals surface area contributed by atoms with Crippen molar-refractivity contribution in [1.29, 1.82) is 0 Å². The molecule has 0 aliphatic rings. The molecule has 0 rings (SSSR count). The summed E-state index contributed by atoms with van der Waals surface area (Å²) >= 11 is 0. The average molecular weight is 212 g/mol. The highest BCUT2D eigenvalue weighted by molar-refractivity contribution is 5.80. The first-order chi connectivity index (χ1) is 7.20. The Hall–Kier alpha value is -0.790. The van der Waals surface area contributed by atoms with Gasteiger partial charge >= 0.3 is 5.97 Å². The second-order valence-electron chi connectivity index (χ2n) is 4.01. The molecule has 88 valence electrons. The maximum atomic E-state index is 10.5. The molecule has 0 aromatic rings. The van der Waals surface area contributed by atoms with E-state index >= 15 is 0 Å². The van der Waals surface area contributed by atoms with Gasteiger partial charge in [-0.1, -0.05) is 51.5 Å². The van der Waals surface area contributed by atoms with Crippen molar-refractivity contribution >= 4 is 5.97 Å². The number of carbonyl (C=O) groups is 1. The lowest BCUT2D eigenvalue weighted by atomic mass is 10.0. The van der Waals surface area contributed by atoms with Gasteiger partial charge in [0.25, 0.3) is 0 Å². The van der Waals surface area contributed by atoms with Crippen molar-refractivity contribution in [2.24, 2.45) is 0 Å². The van der Waals surface area contributed by atoms with Gasteiger partial charge in [-0.3, -0.25) is 0 Å². The molecule has 0 radical (unpaired) electrons. The number of carboxylic acids is 1. The minimum atomic E-state index is -0.808. The van der Waals surface area contributed by atoms with E-state index in [1.165, 1.54) is 38.2 Å². The topological polar surface area (TPSA) is 37.3 Å². The summed E-state index contributed by atoms with van der Waals surface area (Å²) in [5, 5.41) is 8.61. The second-order valence-corrected chi connectivity index (χ2v) is 4.01. The zero-order valence-corrected chi connectivity index (χ0v) is 10.1. The van der Waals surface area contributed by atoms with Crippen molar-refractivity contribution in [3.8, 4) is 0 Å². The maximum absolute atomic E-state index is 10.5. The van der Waals surface area contributed by atoms with Crippen LogP contribution in [-0.4, -0.2) is 11.1 Å². The number of aliphatic carboxylic acids is 1. The summed E-state index contributed by atoms with van der Waals surface area (Å²) in [6.45, 7) is 4.23. The highest BCUT2D eigenvalue weighted by Crippen LogP contribution is 2.13. The maximum Gasteiger partial charge on any atom is 0.328 e. The smallest absolute Gasteiger partial charge is 0.328 e. The van der Waals surface area contributed by atoms with E-state index in [2.05, 4.69) is 6.92 Å². The molecular formula is C13H24O2. The van der Waals surface area contributed by atoms with Crippen molar-refractivity contribution in [3.05, 3.63) is 11.6 Å². The zero-order chi connectivity index (χ0) is 11.5. The molecule has 0 unspecified atom stereocenters. The molecule has 0 spiro atoms. The molecule has 0 saturated heterocycles. The van der Waals surface area contributed by atoms with Gasteiger partial charge in [0.15, 0.2) is 0 Å². The van der Waals surface area contributed by atoms with Crippen LogP contribution >= 0.6 is 0 Å². The second kappa shape index (κ2) is 9.75. The van der Waals surface area contributed by atoms with Crippen LogP contribution in [0, 0.1) is 0 Å². The monoisotopic (exact) mass is 212 g/mol. The van der Waals surface area contributed by atoms with Gasteiger partial charge in [-0.15, -0.1) is 0 Å². The molecule has 0 aliphatic carbocycles. The Bertz CT molecular complexity index is 195. The first-order valence-corrected chi connectivity index (χ1v) is 6.13. The van der Waals surface area contributed by atoms with Crippen LogP contribution in [0.1, 0.15) is 65.2 Å². The van der Waals surface area contributed by atoms with Gasteiger partial charge in [-0.25, -0.2) is 4.79 Å². The summed E-state index contributed by atoms with van der Waals surface area (Å²) < 4.78 is 0. The van der Waals surface area contributed by atoms with Gasteiger partial charge in [0.05, 0.1) is 0 Å². The number of hydrogen-bond donors (Lipinski definition) is 1. The fourth-order valence-electron chi connectivity index (χ4n) is 1.66. The highest BCUT2D eigenvalue weighted by Gasteiger charge is 1.98. The molecule has 0 bridgehead atoms. The van der Waals surface area contributed by atoms with Crippen molar-refractivity contribution in [1.82, 2.24) is 0 Å². The molecule has 2 heteroatoms. The summed E-state index contributed by atoms with van der Waals surface area (Å²) in [4.78, 5) is 10.5. The molecule has 1 N–H and O–H groups in total. The molecule has 0 saturated carbocycles. The molecule has 2 nitrogen and oxygen atoms in total. The number of hydrogen-bond acceptors (Lipinski definition) is 1. The van der Waals surface area contributed by atoms with Crippen LogP contribution in [0.25, 0.3) is 0 Å². The van der Waals surface area contributed by atoms with Crippen LogP contribution in [0.4, 0.5) is 0 Å². The Kier molecular flexibility index (Phi) is 9.24. The fourth-order valence-corrected chi connectivity index (χ4v) is 1.66. The van der Waals surface area contributed by atoms with E-state index in [4.69, 9.17) is 5.11 Å². The predicted molar refractivity (Wildman–Crippen MR) is 64.0 cm³/mol. The molecule has 0 aliphatic heterocycles.